The molecule has 0 saturated heterocycles. The lowest BCUT2D eigenvalue weighted by Crippen LogP contribution is -2.30. The summed E-state index contributed by atoms with van der Waals surface area (Å²) in [7, 11) is 0. The molecule has 0 aliphatic carbocycles. The van der Waals surface area contributed by atoms with Crippen LogP contribution in [0.4, 0.5) is 0 Å². The molecule has 2 nitrogen and oxygen atoms in total. The van der Waals surface area contributed by atoms with E-state index in [2.05, 4.69) is 13.2 Å². The number of carbonyl (C=O) groups is 1. The van der Waals surface area contributed by atoms with Gasteiger partial charge in [-0.15, -0.1) is 0 Å². The number of hydrogen-bond donors (Lipinski definition) is 0. The smallest absolute Gasteiger partial charge is 0.253 e. The molecule has 0 rings (SSSR count). The van der Waals surface area contributed by atoms with E-state index in [9.17, 15) is 4.79 Å². The van der Waals surface area contributed by atoms with E-state index in [1.54, 1.807) is 17.1 Å². The Balaban J connectivity index is 4.39. The Morgan fingerprint density at radius 3 is 2.07 bits per heavy atom. The van der Waals surface area contributed by atoms with Gasteiger partial charge in [0, 0.05) is 18.7 Å². The molecule has 0 bridgehead atoms. The zero-order valence-corrected chi connectivity index (χ0v) is 9.34. The van der Waals surface area contributed by atoms with Crippen LogP contribution in [-0.4, -0.2) is 23.9 Å². The van der Waals surface area contributed by atoms with Crippen molar-refractivity contribution in [2.75, 3.05) is 13.1 Å². The molecule has 0 aliphatic rings. The number of hydrogen-bond acceptors (Lipinski definition) is 1. The third kappa shape index (κ3) is 4.08. The highest BCUT2D eigenvalue weighted by molar-refractivity contribution is 5.95. The van der Waals surface area contributed by atoms with Crippen molar-refractivity contribution in [3.8, 4) is 0 Å². The Bertz CT molecular complexity index is 259. The van der Waals surface area contributed by atoms with Gasteiger partial charge in [0.05, 0.1) is 0 Å². The number of nitrogens with zero attached hydrogens (tertiary/aromatic N) is 1. The zero-order valence-electron chi connectivity index (χ0n) is 9.34. The second-order valence-electron chi connectivity index (χ2n) is 3.18. The monoisotopic (exact) mass is 193 g/mol. The van der Waals surface area contributed by atoms with Gasteiger partial charge in [-0.1, -0.05) is 24.8 Å². The zero-order chi connectivity index (χ0) is 11.1. The lowest BCUT2D eigenvalue weighted by atomic mass is 10.2. The Morgan fingerprint density at radius 2 is 1.71 bits per heavy atom. The number of allylic oxidation sites excluding steroid dienone is 2. The molecule has 0 fully saturated rings. The van der Waals surface area contributed by atoms with Crippen molar-refractivity contribution in [3.05, 3.63) is 36.5 Å². The summed E-state index contributed by atoms with van der Waals surface area (Å²) in [6.45, 7) is 14.7. The van der Waals surface area contributed by atoms with E-state index in [-0.39, 0.29) is 5.91 Å². The molecule has 0 radical (unpaired) electrons. The number of amides is 1. The highest BCUT2D eigenvalue weighted by Crippen LogP contribution is 2.03. The summed E-state index contributed by atoms with van der Waals surface area (Å²) >= 11 is 0. The highest BCUT2D eigenvalue weighted by atomic mass is 16.2. The second-order valence-corrected chi connectivity index (χ2v) is 3.18. The molecule has 0 aromatic rings. The first-order valence-electron chi connectivity index (χ1n) is 4.84. The van der Waals surface area contributed by atoms with E-state index in [4.69, 9.17) is 0 Å². The second kappa shape index (κ2) is 6.19. The Morgan fingerprint density at radius 1 is 1.21 bits per heavy atom. The molecule has 0 atom stereocenters. The van der Waals surface area contributed by atoms with Crippen molar-refractivity contribution in [2.24, 2.45) is 0 Å². The van der Waals surface area contributed by atoms with E-state index in [0.29, 0.717) is 5.57 Å². The van der Waals surface area contributed by atoms with Crippen LogP contribution in [0.1, 0.15) is 20.8 Å². The molecule has 2 heteroatoms. The minimum Gasteiger partial charge on any atom is -0.339 e. The average molecular weight is 193 g/mol. The van der Waals surface area contributed by atoms with Gasteiger partial charge in [0.15, 0.2) is 0 Å². The summed E-state index contributed by atoms with van der Waals surface area (Å²) in [6.07, 6.45) is 3.51. The molecule has 0 spiro atoms. The van der Waals surface area contributed by atoms with E-state index in [1.807, 2.05) is 20.8 Å². The number of likely N-dealkylation sites (N-methyl/N-ethyl adjacent to an activating group) is 1. The summed E-state index contributed by atoms with van der Waals surface area (Å²) in [5, 5.41) is 0. The maximum atomic E-state index is 11.7. The fourth-order valence-electron chi connectivity index (χ4n) is 1.03. The number of carbonyl (C=O) groups excluding carboxylic acids is 1. The molecule has 0 aromatic carbocycles. The molecule has 0 heterocycles. The summed E-state index contributed by atoms with van der Waals surface area (Å²) in [5.41, 5.74) is 1.43. The Labute approximate surface area is 86.6 Å². The van der Waals surface area contributed by atoms with Crippen LogP contribution in [0, 0.1) is 0 Å². The van der Waals surface area contributed by atoms with Crippen molar-refractivity contribution < 1.29 is 4.79 Å². The van der Waals surface area contributed by atoms with Crippen LogP contribution >= 0.6 is 0 Å². The molecule has 0 N–H and O–H groups in total. The lowest BCUT2D eigenvalue weighted by molar-refractivity contribution is -0.126. The van der Waals surface area contributed by atoms with E-state index >= 15 is 0 Å². The van der Waals surface area contributed by atoms with Gasteiger partial charge in [0.25, 0.3) is 5.91 Å². The van der Waals surface area contributed by atoms with Crippen molar-refractivity contribution >= 4 is 5.91 Å². The summed E-state index contributed by atoms with van der Waals surface area (Å²) in [4.78, 5) is 13.4. The van der Waals surface area contributed by atoms with Crippen LogP contribution in [0.25, 0.3) is 0 Å². The minimum absolute atomic E-state index is 0.00694. The minimum atomic E-state index is -0.00694. The fourth-order valence-corrected chi connectivity index (χ4v) is 1.03. The van der Waals surface area contributed by atoms with Crippen molar-refractivity contribution in [2.45, 2.75) is 20.8 Å². The van der Waals surface area contributed by atoms with Gasteiger partial charge >= 0.3 is 0 Å². The quantitative estimate of drug-likeness (QED) is 0.485. The van der Waals surface area contributed by atoms with Gasteiger partial charge in [0.1, 0.15) is 0 Å². The van der Waals surface area contributed by atoms with Crippen LogP contribution in [0.15, 0.2) is 36.5 Å². The fraction of sp³-hybridized carbons (Fsp3) is 0.417. The third-order valence-corrected chi connectivity index (χ3v) is 1.89. The van der Waals surface area contributed by atoms with Crippen LogP contribution in [0.3, 0.4) is 0 Å². The van der Waals surface area contributed by atoms with E-state index < -0.39 is 0 Å². The maximum absolute atomic E-state index is 11.7. The van der Waals surface area contributed by atoms with Gasteiger partial charge < -0.3 is 4.90 Å². The van der Waals surface area contributed by atoms with Crippen molar-refractivity contribution in [3.63, 3.8) is 0 Å². The standard InChI is InChI=1S/C12H19NO/c1-6-13(7-2)12(14)11(5)9-8-10(3)4/h8-9H,3,5-7H2,1-2,4H3/b9-8-. The number of rotatable bonds is 5. The molecule has 0 aliphatic heterocycles. The van der Waals surface area contributed by atoms with Crippen LogP contribution in [0.2, 0.25) is 0 Å². The van der Waals surface area contributed by atoms with E-state index in [1.165, 1.54) is 0 Å². The molecule has 0 aromatic heterocycles. The molecular weight excluding hydrogens is 174 g/mol. The lowest BCUT2D eigenvalue weighted by Gasteiger charge is -2.18. The normalized spacial score (nSPS) is 10.2. The van der Waals surface area contributed by atoms with Gasteiger partial charge in [-0.05, 0) is 26.8 Å². The first-order valence-corrected chi connectivity index (χ1v) is 4.84. The third-order valence-electron chi connectivity index (χ3n) is 1.89. The summed E-state index contributed by atoms with van der Waals surface area (Å²) in [5.74, 6) is -0.00694. The van der Waals surface area contributed by atoms with Crippen LogP contribution in [-0.2, 0) is 4.79 Å². The van der Waals surface area contributed by atoms with Gasteiger partial charge in [-0.3, -0.25) is 4.79 Å². The SMILES string of the molecule is C=C(C)/C=C\C(=C)C(=O)N(CC)CC. The highest BCUT2D eigenvalue weighted by Gasteiger charge is 2.10. The molecule has 1 amide bonds. The molecule has 0 unspecified atom stereocenters. The molecule has 78 valence electrons. The Kier molecular flexibility index (Phi) is 5.61. The topological polar surface area (TPSA) is 20.3 Å². The molecular formula is C12H19NO. The van der Waals surface area contributed by atoms with Crippen LogP contribution in [0.5, 0.6) is 0 Å². The average Bonchev–Trinajstić information content (AvgIpc) is 2.15. The summed E-state index contributed by atoms with van der Waals surface area (Å²) in [6, 6.07) is 0. The Hall–Kier alpha value is -1.31. The molecule has 0 saturated carbocycles. The predicted molar refractivity (Wildman–Crippen MR) is 61.0 cm³/mol. The van der Waals surface area contributed by atoms with E-state index in [0.717, 1.165) is 18.7 Å². The maximum Gasteiger partial charge on any atom is 0.253 e. The summed E-state index contributed by atoms with van der Waals surface area (Å²) < 4.78 is 0. The molecule has 14 heavy (non-hydrogen) atoms. The first kappa shape index (κ1) is 12.7. The van der Waals surface area contributed by atoms with Crippen LogP contribution < -0.4 is 0 Å². The van der Waals surface area contributed by atoms with Crippen molar-refractivity contribution in [1.82, 2.24) is 4.90 Å². The van der Waals surface area contributed by atoms with Crippen molar-refractivity contribution in [1.29, 1.82) is 0 Å². The first-order chi connectivity index (χ1) is 6.52. The van der Waals surface area contributed by atoms with Gasteiger partial charge in [-0.2, -0.15) is 0 Å². The largest absolute Gasteiger partial charge is 0.339 e. The predicted octanol–water partition coefficient (Wildman–Crippen LogP) is 2.54. The van der Waals surface area contributed by atoms with Gasteiger partial charge in [0.2, 0.25) is 0 Å². The van der Waals surface area contributed by atoms with Gasteiger partial charge in [-0.25, -0.2) is 0 Å².